The maximum atomic E-state index is 12.3. The van der Waals surface area contributed by atoms with Gasteiger partial charge < -0.3 is 18.2 Å². The molecule has 0 atom stereocenters. The number of ether oxygens (including phenoxy) is 2. The summed E-state index contributed by atoms with van der Waals surface area (Å²) in [6.07, 6.45) is 0.924. The second-order valence-corrected chi connectivity index (χ2v) is 6.32. The van der Waals surface area contributed by atoms with Crippen LogP contribution < -0.4 is 24.9 Å². The smallest absolute Gasteiger partial charge is 0.346 e. The van der Waals surface area contributed by atoms with Gasteiger partial charge in [-0.3, -0.25) is 9.36 Å². The number of hydrogen-bond acceptors (Lipinski definition) is 7. The highest BCUT2D eigenvalue weighted by Gasteiger charge is 2.25. The molecule has 3 rings (SSSR count). The van der Waals surface area contributed by atoms with E-state index in [9.17, 15) is 18.0 Å². The van der Waals surface area contributed by atoms with Crippen molar-refractivity contribution in [3.05, 3.63) is 45.2 Å². The average Bonchev–Trinajstić information content (AvgIpc) is 2.95. The number of nitrogens with zero attached hydrogens (tertiary/aromatic N) is 2. The molecule has 122 valence electrons. The summed E-state index contributed by atoms with van der Waals surface area (Å²) in [5.74, 6) is 0.768. The monoisotopic (exact) mass is 340 g/mol. The molecule has 0 aliphatic carbocycles. The molecule has 2 heterocycles. The third-order valence-electron chi connectivity index (χ3n) is 3.23. The van der Waals surface area contributed by atoms with Crippen molar-refractivity contribution in [2.24, 2.45) is 14.1 Å². The Hall–Kier alpha value is -2.75. The van der Waals surface area contributed by atoms with Crippen LogP contribution in [-0.4, -0.2) is 24.3 Å². The van der Waals surface area contributed by atoms with Gasteiger partial charge in [0.25, 0.3) is 5.56 Å². The summed E-state index contributed by atoms with van der Waals surface area (Å²) in [5, 5.41) is 0. The van der Waals surface area contributed by atoms with Gasteiger partial charge in [-0.25, -0.2) is 4.79 Å². The van der Waals surface area contributed by atoms with Crippen molar-refractivity contribution in [3.8, 4) is 17.2 Å². The lowest BCUT2D eigenvalue weighted by atomic mass is 10.3. The molecule has 1 aromatic heterocycles. The first-order valence-corrected chi connectivity index (χ1v) is 7.81. The predicted molar refractivity (Wildman–Crippen MR) is 77.3 cm³/mol. The Balaban J connectivity index is 2.03. The summed E-state index contributed by atoms with van der Waals surface area (Å²) in [6, 6.07) is 4.20. The van der Waals surface area contributed by atoms with Gasteiger partial charge in [0.15, 0.2) is 16.4 Å². The van der Waals surface area contributed by atoms with Gasteiger partial charge in [0.05, 0.1) is 0 Å². The Morgan fingerprint density at radius 2 is 1.83 bits per heavy atom. The van der Waals surface area contributed by atoms with Crippen LogP contribution in [0.3, 0.4) is 0 Å². The molecular formula is C13H12N2O7S. The molecule has 9 nitrogen and oxygen atoms in total. The van der Waals surface area contributed by atoms with E-state index in [0.717, 1.165) is 10.8 Å². The molecule has 0 fully saturated rings. The van der Waals surface area contributed by atoms with E-state index in [1.165, 1.54) is 32.3 Å². The van der Waals surface area contributed by atoms with E-state index in [-0.39, 0.29) is 12.5 Å². The molecule has 10 heteroatoms. The van der Waals surface area contributed by atoms with Crippen LogP contribution in [0.25, 0.3) is 0 Å². The van der Waals surface area contributed by atoms with Crippen molar-refractivity contribution in [1.82, 2.24) is 9.13 Å². The fraction of sp³-hybridized carbons (Fsp3) is 0.231. The van der Waals surface area contributed by atoms with Crippen LogP contribution in [0.4, 0.5) is 0 Å². The summed E-state index contributed by atoms with van der Waals surface area (Å²) in [4.78, 5) is 23.0. The maximum absolute atomic E-state index is 12.3. The molecule has 0 amide bonds. The zero-order chi connectivity index (χ0) is 16.8. The number of benzene rings is 1. The maximum Gasteiger partial charge on any atom is 0.346 e. The highest BCUT2D eigenvalue weighted by atomic mass is 32.2. The van der Waals surface area contributed by atoms with Crippen molar-refractivity contribution in [1.29, 1.82) is 0 Å². The lowest BCUT2D eigenvalue weighted by molar-refractivity contribution is 0.174. The minimum atomic E-state index is -4.41. The van der Waals surface area contributed by atoms with Crippen LogP contribution >= 0.6 is 0 Å². The van der Waals surface area contributed by atoms with E-state index in [0.29, 0.717) is 16.1 Å². The molecular weight excluding hydrogens is 328 g/mol. The summed E-state index contributed by atoms with van der Waals surface area (Å²) in [5.41, 5.74) is -1.61. The van der Waals surface area contributed by atoms with Gasteiger partial charge in [0.1, 0.15) is 5.75 Å². The predicted octanol–water partition coefficient (Wildman–Crippen LogP) is -0.420. The van der Waals surface area contributed by atoms with Crippen LogP contribution in [0.5, 0.6) is 17.2 Å². The second kappa shape index (κ2) is 5.16. The first-order valence-electron chi connectivity index (χ1n) is 6.40. The van der Waals surface area contributed by atoms with Gasteiger partial charge in [-0.1, -0.05) is 0 Å². The Labute approximate surface area is 130 Å². The average molecular weight is 340 g/mol. The van der Waals surface area contributed by atoms with Crippen LogP contribution in [0, 0.1) is 0 Å². The van der Waals surface area contributed by atoms with Crippen molar-refractivity contribution >= 4 is 10.1 Å². The Bertz CT molecular complexity index is 1000. The minimum Gasteiger partial charge on any atom is -0.454 e. The number of aromatic nitrogens is 2. The zero-order valence-electron chi connectivity index (χ0n) is 12.2. The summed E-state index contributed by atoms with van der Waals surface area (Å²) >= 11 is 0. The van der Waals surface area contributed by atoms with Gasteiger partial charge >= 0.3 is 15.8 Å². The molecule has 1 aromatic carbocycles. The summed E-state index contributed by atoms with van der Waals surface area (Å²) in [7, 11) is -1.89. The Morgan fingerprint density at radius 3 is 2.57 bits per heavy atom. The standard InChI is InChI=1S/C13H12N2O7S/c1-14-6-11(12(16)15(2)13(14)17)23(18,19)22-8-3-4-9-10(5-8)21-7-20-9/h3-6H,7H2,1-2H3. The highest BCUT2D eigenvalue weighted by Crippen LogP contribution is 2.35. The third kappa shape index (κ3) is 2.57. The number of aryl methyl sites for hydroxylation is 1. The summed E-state index contributed by atoms with van der Waals surface area (Å²) in [6.45, 7) is 0.0346. The van der Waals surface area contributed by atoms with Crippen molar-refractivity contribution < 1.29 is 22.1 Å². The number of fused-ring (bicyclic) bond motifs is 1. The topological polar surface area (TPSA) is 106 Å². The molecule has 0 spiro atoms. The zero-order valence-corrected chi connectivity index (χ0v) is 13.0. The molecule has 0 unspecified atom stereocenters. The van der Waals surface area contributed by atoms with Gasteiger partial charge in [0.2, 0.25) is 6.79 Å². The van der Waals surface area contributed by atoms with E-state index in [4.69, 9.17) is 13.7 Å². The quantitative estimate of drug-likeness (QED) is 0.699. The molecule has 1 aliphatic rings. The van der Waals surface area contributed by atoms with E-state index in [1.54, 1.807) is 0 Å². The molecule has 0 radical (unpaired) electrons. The van der Waals surface area contributed by atoms with E-state index in [2.05, 4.69) is 0 Å². The van der Waals surface area contributed by atoms with Gasteiger partial charge in [-0.05, 0) is 12.1 Å². The van der Waals surface area contributed by atoms with Crippen LogP contribution in [0.2, 0.25) is 0 Å². The second-order valence-electron chi connectivity index (χ2n) is 4.80. The SMILES string of the molecule is Cn1cc(S(=O)(=O)Oc2ccc3c(c2)OCO3)c(=O)n(C)c1=O. The molecule has 2 aromatic rings. The normalized spacial score (nSPS) is 13.1. The van der Waals surface area contributed by atoms with Crippen molar-refractivity contribution in [3.63, 3.8) is 0 Å². The van der Waals surface area contributed by atoms with Gasteiger partial charge in [-0.2, -0.15) is 8.42 Å². The third-order valence-corrected chi connectivity index (χ3v) is 4.46. The van der Waals surface area contributed by atoms with Crippen LogP contribution in [-0.2, 0) is 24.2 Å². The number of hydrogen-bond donors (Lipinski definition) is 0. The Kier molecular flexibility index (Phi) is 3.40. The minimum absolute atomic E-state index is 0.0346. The van der Waals surface area contributed by atoms with Crippen molar-refractivity contribution in [2.75, 3.05) is 6.79 Å². The first-order chi connectivity index (χ1) is 10.8. The lowest BCUT2D eigenvalue weighted by Crippen LogP contribution is -2.39. The molecule has 1 aliphatic heterocycles. The highest BCUT2D eigenvalue weighted by molar-refractivity contribution is 7.87. The molecule has 23 heavy (non-hydrogen) atoms. The molecule has 0 N–H and O–H groups in total. The Morgan fingerprint density at radius 1 is 1.13 bits per heavy atom. The number of rotatable bonds is 3. The largest absolute Gasteiger partial charge is 0.454 e. The summed E-state index contributed by atoms with van der Waals surface area (Å²) < 4.78 is 41.5. The fourth-order valence-electron chi connectivity index (χ4n) is 2.05. The molecule has 0 bridgehead atoms. The van der Waals surface area contributed by atoms with E-state index < -0.39 is 26.3 Å². The first kappa shape index (κ1) is 15.2. The van der Waals surface area contributed by atoms with Crippen molar-refractivity contribution in [2.45, 2.75) is 4.90 Å². The van der Waals surface area contributed by atoms with Crippen LogP contribution in [0.15, 0.2) is 38.9 Å². The van der Waals surface area contributed by atoms with Gasteiger partial charge in [-0.15, -0.1) is 0 Å². The molecule has 0 saturated heterocycles. The molecule has 0 saturated carbocycles. The van der Waals surface area contributed by atoms with Crippen LogP contribution in [0.1, 0.15) is 0 Å². The van der Waals surface area contributed by atoms with Gasteiger partial charge in [0, 0.05) is 26.4 Å². The lowest BCUT2D eigenvalue weighted by Gasteiger charge is -2.09. The fourth-order valence-corrected chi connectivity index (χ4v) is 3.13. The van der Waals surface area contributed by atoms with E-state index in [1.807, 2.05) is 0 Å². The van der Waals surface area contributed by atoms with E-state index >= 15 is 0 Å².